The molecular formula is C18H20F2N2O4. The third-order valence-corrected chi connectivity index (χ3v) is 4.40. The second-order valence-corrected chi connectivity index (χ2v) is 7.11. The number of carbonyl (C=O) groups is 1. The number of rotatable bonds is 5. The molecule has 2 N–H and O–H groups in total. The van der Waals surface area contributed by atoms with Crippen molar-refractivity contribution in [3.05, 3.63) is 39.7 Å². The molecule has 1 aromatic heterocycles. The maximum absolute atomic E-state index is 14.1. The third kappa shape index (κ3) is 3.05. The summed E-state index contributed by atoms with van der Waals surface area (Å²) in [5.74, 6) is -3.44. The van der Waals surface area contributed by atoms with Crippen molar-refractivity contribution >= 4 is 16.8 Å². The number of hydrogen-bond donors (Lipinski definition) is 2. The Labute approximate surface area is 148 Å². The normalized spacial score (nSPS) is 14.5. The second kappa shape index (κ2) is 6.35. The monoisotopic (exact) mass is 366 g/mol. The van der Waals surface area contributed by atoms with E-state index in [2.05, 4.69) is 5.32 Å². The van der Waals surface area contributed by atoms with Gasteiger partial charge in [0.1, 0.15) is 5.56 Å². The number of ether oxygens (including phenoxy) is 1. The average molecular weight is 366 g/mol. The maximum Gasteiger partial charge on any atom is 0.257 e. The van der Waals surface area contributed by atoms with Gasteiger partial charge in [0, 0.05) is 12.2 Å². The summed E-state index contributed by atoms with van der Waals surface area (Å²) in [6.45, 7) is 2.88. The van der Waals surface area contributed by atoms with E-state index in [9.17, 15) is 23.5 Å². The Balaban J connectivity index is 2.28. The zero-order chi connectivity index (χ0) is 19.2. The van der Waals surface area contributed by atoms with E-state index >= 15 is 0 Å². The second-order valence-electron chi connectivity index (χ2n) is 7.11. The van der Waals surface area contributed by atoms with Gasteiger partial charge in [-0.05, 0) is 32.8 Å². The molecule has 2 aromatic rings. The molecule has 3 rings (SSSR count). The van der Waals surface area contributed by atoms with Crippen LogP contribution in [-0.4, -0.2) is 34.8 Å². The molecule has 1 amide bonds. The van der Waals surface area contributed by atoms with Crippen LogP contribution in [0.15, 0.2) is 17.1 Å². The summed E-state index contributed by atoms with van der Waals surface area (Å²) in [6, 6.07) is 0.775. The van der Waals surface area contributed by atoms with Gasteiger partial charge in [0.25, 0.3) is 5.91 Å². The summed E-state index contributed by atoms with van der Waals surface area (Å²) < 4.78 is 34.7. The Bertz CT molecular complexity index is 949. The number of aliphatic hydroxyl groups is 1. The number of amides is 1. The molecule has 6 nitrogen and oxygen atoms in total. The van der Waals surface area contributed by atoms with Gasteiger partial charge in [-0.15, -0.1) is 0 Å². The number of methoxy groups -OCH3 is 1. The first-order valence-electron chi connectivity index (χ1n) is 8.24. The third-order valence-electron chi connectivity index (χ3n) is 4.40. The van der Waals surface area contributed by atoms with Crippen LogP contribution in [0.1, 0.15) is 43.1 Å². The van der Waals surface area contributed by atoms with Gasteiger partial charge in [-0.2, -0.15) is 4.39 Å². The van der Waals surface area contributed by atoms with Crippen molar-refractivity contribution in [1.82, 2.24) is 9.88 Å². The molecule has 1 aromatic carbocycles. The smallest absolute Gasteiger partial charge is 0.257 e. The molecule has 26 heavy (non-hydrogen) atoms. The Morgan fingerprint density at radius 1 is 1.42 bits per heavy atom. The number of carbonyl (C=O) groups excluding carboxylic acids is 1. The molecule has 0 saturated heterocycles. The molecule has 0 aliphatic heterocycles. The van der Waals surface area contributed by atoms with Gasteiger partial charge in [-0.25, -0.2) is 4.39 Å². The van der Waals surface area contributed by atoms with Gasteiger partial charge in [-0.3, -0.25) is 9.59 Å². The number of aromatic nitrogens is 1. The van der Waals surface area contributed by atoms with Gasteiger partial charge in [0.2, 0.25) is 11.2 Å². The first kappa shape index (κ1) is 18.3. The fraction of sp³-hybridized carbons (Fsp3) is 0.444. The van der Waals surface area contributed by atoms with Gasteiger partial charge in [0.15, 0.2) is 11.6 Å². The minimum atomic E-state index is -1.22. The van der Waals surface area contributed by atoms with E-state index in [0.29, 0.717) is 0 Å². The average Bonchev–Trinajstić information content (AvgIpc) is 3.41. The highest BCUT2D eigenvalue weighted by molar-refractivity contribution is 5.98. The quantitative estimate of drug-likeness (QED) is 0.850. The number of benzene rings is 1. The largest absolute Gasteiger partial charge is 0.491 e. The molecule has 1 heterocycles. The van der Waals surface area contributed by atoms with E-state index in [4.69, 9.17) is 4.74 Å². The van der Waals surface area contributed by atoms with Crippen LogP contribution in [0.25, 0.3) is 10.9 Å². The fourth-order valence-corrected chi connectivity index (χ4v) is 2.83. The highest BCUT2D eigenvalue weighted by Gasteiger charge is 2.31. The number of hydrogen-bond acceptors (Lipinski definition) is 4. The van der Waals surface area contributed by atoms with E-state index in [-0.39, 0.29) is 34.9 Å². The summed E-state index contributed by atoms with van der Waals surface area (Å²) in [6.07, 6.45) is 2.94. The Hall–Kier alpha value is -2.48. The lowest BCUT2D eigenvalue weighted by Gasteiger charge is -2.24. The Kier molecular flexibility index (Phi) is 4.47. The van der Waals surface area contributed by atoms with E-state index in [1.54, 1.807) is 18.4 Å². The van der Waals surface area contributed by atoms with Crippen molar-refractivity contribution in [1.29, 1.82) is 0 Å². The Morgan fingerprint density at radius 3 is 2.62 bits per heavy atom. The van der Waals surface area contributed by atoms with Crippen LogP contribution in [0.4, 0.5) is 8.78 Å². The fourth-order valence-electron chi connectivity index (χ4n) is 2.83. The number of nitrogens with one attached hydrogen (secondary N) is 1. The molecule has 1 fully saturated rings. The van der Waals surface area contributed by atoms with Gasteiger partial charge >= 0.3 is 0 Å². The highest BCUT2D eigenvalue weighted by atomic mass is 19.2. The lowest BCUT2D eigenvalue weighted by Crippen LogP contribution is -2.47. The number of aliphatic hydroxyl groups excluding tert-OH is 1. The topological polar surface area (TPSA) is 80.6 Å². The molecule has 0 atom stereocenters. The molecule has 1 aliphatic carbocycles. The first-order chi connectivity index (χ1) is 12.2. The predicted molar refractivity (Wildman–Crippen MR) is 91.6 cm³/mol. The summed E-state index contributed by atoms with van der Waals surface area (Å²) >= 11 is 0. The molecule has 0 unspecified atom stereocenters. The van der Waals surface area contributed by atoms with Crippen LogP contribution in [-0.2, 0) is 0 Å². The van der Waals surface area contributed by atoms with Crippen LogP contribution in [0.3, 0.4) is 0 Å². The van der Waals surface area contributed by atoms with Crippen LogP contribution >= 0.6 is 0 Å². The first-order valence-corrected chi connectivity index (χ1v) is 8.24. The highest BCUT2D eigenvalue weighted by Crippen LogP contribution is 2.40. The van der Waals surface area contributed by atoms with Crippen molar-refractivity contribution < 1.29 is 23.4 Å². The SMILES string of the molecule is COc1c(F)c(F)cc2c(=O)c(C(=O)NC(C)(C)CO)cn(C3CC3)c12. The summed E-state index contributed by atoms with van der Waals surface area (Å²) in [5, 5.41) is 11.8. The molecule has 8 heteroatoms. The zero-order valence-corrected chi connectivity index (χ0v) is 14.7. The number of nitrogens with zero attached hydrogens (tertiary/aromatic N) is 1. The van der Waals surface area contributed by atoms with E-state index in [0.717, 1.165) is 18.9 Å². The van der Waals surface area contributed by atoms with Crippen LogP contribution in [0, 0.1) is 11.6 Å². The van der Waals surface area contributed by atoms with E-state index in [1.165, 1.54) is 13.3 Å². The van der Waals surface area contributed by atoms with Gasteiger partial charge < -0.3 is 19.7 Å². The predicted octanol–water partition coefficient (Wildman–Crippen LogP) is 2.12. The summed E-state index contributed by atoms with van der Waals surface area (Å²) in [5.41, 5.74) is -1.72. The summed E-state index contributed by atoms with van der Waals surface area (Å²) in [4.78, 5) is 25.3. The molecule has 0 bridgehead atoms. The summed E-state index contributed by atoms with van der Waals surface area (Å²) in [7, 11) is 1.20. The van der Waals surface area contributed by atoms with Crippen LogP contribution in [0.2, 0.25) is 0 Å². The molecule has 140 valence electrons. The van der Waals surface area contributed by atoms with Gasteiger partial charge in [0.05, 0.1) is 30.2 Å². The van der Waals surface area contributed by atoms with Crippen molar-refractivity contribution in [3.8, 4) is 5.75 Å². The number of pyridine rings is 1. The van der Waals surface area contributed by atoms with Crippen LogP contribution in [0.5, 0.6) is 5.75 Å². The molecule has 1 aliphatic rings. The zero-order valence-electron chi connectivity index (χ0n) is 14.7. The van der Waals surface area contributed by atoms with E-state index in [1.807, 2.05) is 0 Å². The molecule has 0 radical (unpaired) electrons. The Morgan fingerprint density at radius 2 is 2.08 bits per heavy atom. The lowest BCUT2D eigenvalue weighted by molar-refractivity contribution is 0.0867. The maximum atomic E-state index is 14.1. The standard InChI is InChI=1S/C18H20F2N2O4/c1-18(2,8-23)21-17(25)11-7-22(9-4-5-9)14-10(15(11)24)6-12(19)13(20)16(14)26-3/h6-7,9,23H,4-5,8H2,1-3H3,(H,21,25). The van der Waals surface area contributed by atoms with Crippen LogP contribution < -0.4 is 15.5 Å². The minimum absolute atomic E-state index is 0.0192. The minimum Gasteiger partial charge on any atom is -0.491 e. The van der Waals surface area contributed by atoms with E-state index < -0.39 is 28.5 Å². The number of fused-ring (bicyclic) bond motifs is 1. The van der Waals surface area contributed by atoms with Gasteiger partial charge in [-0.1, -0.05) is 0 Å². The number of halogens is 2. The molecular weight excluding hydrogens is 346 g/mol. The molecule has 1 saturated carbocycles. The lowest BCUT2D eigenvalue weighted by atomic mass is 10.0. The van der Waals surface area contributed by atoms with Crippen molar-refractivity contribution in [2.24, 2.45) is 0 Å². The molecule has 0 spiro atoms. The van der Waals surface area contributed by atoms with Crippen molar-refractivity contribution in [3.63, 3.8) is 0 Å². The van der Waals surface area contributed by atoms with Crippen molar-refractivity contribution in [2.75, 3.05) is 13.7 Å². The van der Waals surface area contributed by atoms with Crippen molar-refractivity contribution in [2.45, 2.75) is 38.3 Å².